The summed E-state index contributed by atoms with van der Waals surface area (Å²) in [5, 5.41) is 1.62. The molecule has 0 bridgehead atoms. The van der Waals surface area contributed by atoms with E-state index in [2.05, 4.69) is 0 Å². The van der Waals surface area contributed by atoms with Crippen molar-refractivity contribution in [2.75, 3.05) is 26.8 Å². The fraction of sp³-hybridized carbons (Fsp3) is 0.269. The maximum Gasteiger partial charge on any atom is 0.311 e. The van der Waals surface area contributed by atoms with Crippen molar-refractivity contribution in [3.05, 3.63) is 77.6 Å². The first-order chi connectivity index (χ1) is 16.0. The molecule has 0 radical (unpaired) electrons. The lowest BCUT2D eigenvalue weighted by Gasteiger charge is -2.32. The van der Waals surface area contributed by atoms with Crippen molar-refractivity contribution in [3.8, 4) is 5.75 Å². The Balaban J connectivity index is 1.44. The zero-order valence-electron chi connectivity index (χ0n) is 18.3. The second kappa shape index (κ2) is 9.81. The molecule has 0 aromatic heterocycles. The molecule has 33 heavy (non-hydrogen) atoms. The van der Waals surface area contributed by atoms with Crippen LogP contribution in [0.3, 0.4) is 0 Å². The Morgan fingerprint density at radius 3 is 2.45 bits per heavy atom. The van der Waals surface area contributed by atoms with E-state index in [1.807, 2.05) is 24.3 Å². The zero-order valence-corrected chi connectivity index (χ0v) is 18.3. The summed E-state index contributed by atoms with van der Waals surface area (Å²) in [6.45, 7) is 0.191. The Labute approximate surface area is 190 Å². The molecule has 1 atom stereocenters. The van der Waals surface area contributed by atoms with Gasteiger partial charge in [-0.05, 0) is 42.5 Å². The van der Waals surface area contributed by atoms with Crippen LogP contribution in [0.4, 0.5) is 4.39 Å². The lowest BCUT2D eigenvalue weighted by molar-refractivity contribution is -0.148. The van der Waals surface area contributed by atoms with Crippen LogP contribution in [-0.2, 0) is 9.53 Å². The molecule has 1 saturated heterocycles. The van der Waals surface area contributed by atoms with Crippen molar-refractivity contribution in [1.82, 2.24) is 4.90 Å². The first-order valence-electron chi connectivity index (χ1n) is 10.8. The lowest BCUT2D eigenvalue weighted by atomic mass is 9.96. The molecule has 1 aliphatic heterocycles. The maximum absolute atomic E-state index is 13.8. The average Bonchev–Trinajstić information content (AvgIpc) is 2.86. The quantitative estimate of drug-likeness (QED) is 0.415. The molecule has 0 aliphatic carbocycles. The number of methoxy groups -OCH3 is 1. The Morgan fingerprint density at radius 1 is 0.970 bits per heavy atom. The smallest absolute Gasteiger partial charge is 0.311 e. The van der Waals surface area contributed by atoms with E-state index in [0.717, 1.165) is 10.8 Å². The lowest BCUT2D eigenvalue weighted by Crippen LogP contribution is -2.43. The number of nitrogens with zero attached hydrogens (tertiary/aromatic N) is 1. The number of rotatable bonds is 6. The second-order valence-electron chi connectivity index (χ2n) is 7.96. The average molecular weight is 449 g/mol. The van der Waals surface area contributed by atoms with Crippen molar-refractivity contribution >= 4 is 28.4 Å². The van der Waals surface area contributed by atoms with E-state index in [1.165, 1.54) is 18.2 Å². The predicted molar refractivity (Wildman–Crippen MR) is 121 cm³/mol. The van der Waals surface area contributed by atoms with Crippen molar-refractivity contribution < 1.29 is 28.2 Å². The second-order valence-corrected chi connectivity index (χ2v) is 7.96. The highest BCUT2D eigenvalue weighted by Crippen LogP contribution is 2.30. The summed E-state index contributed by atoms with van der Waals surface area (Å²) in [6.07, 6.45) is 1.20. The largest absolute Gasteiger partial charge is 0.496 e. The van der Waals surface area contributed by atoms with Crippen LogP contribution >= 0.6 is 0 Å². The van der Waals surface area contributed by atoms with Gasteiger partial charge in [0.2, 0.25) is 5.78 Å². The molecule has 4 rings (SSSR count). The number of hydrogen-bond donors (Lipinski definition) is 0. The zero-order chi connectivity index (χ0) is 23.4. The van der Waals surface area contributed by atoms with Gasteiger partial charge in [-0.1, -0.05) is 36.4 Å². The molecule has 1 amide bonds. The summed E-state index contributed by atoms with van der Waals surface area (Å²) in [4.78, 5) is 39.7. The van der Waals surface area contributed by atoms with E-state index in [4.69, 9.17) is 9.47 Å². The number of ketones is 1. The van der Waals surface area contributed by atoms with Gasteiger partial charge in [-0.2, -0.15) is 0 Å². The van der Waals surface area contributed by atoms with Crippen LogP contribution in [0.1, 0.15) is 33.6 Å². The molecule has 1 aliphatic rings. The van der Waals surface area contributed by atoms with Crippen LogP contribution in [0, 0.1) is 11.7 Å². The first kappa shape index (κ1) is 22.5. The topological polar surface area (TPSA) is 72.9 Å². The number of Topliss-reactive ketones (excluding diaryl/α,β-unsaturated/α-hetero) is 1. The Hall–Kier alpha value is -3.74. The summed E-state index contributed by atoms with van der Waals surface area (Å²) in [5.41, 5.74) is 0.423. The predicted octanol–water partition coefficient (Wildman–Crippen LogP) is 4.27. The number of hydrogen-bond acceptors (Lipinski definition) is 5. The monoisotopic (exact) mass is 449 g/mol. The standard InChI is InChI=1S/C26H24FNO5/c1-32-24-13-12-20(18-8-2-3-9-19(18)24)25(30)28-14-6-7-17(15-28)26(31)33-16-23(29)21-10-4-5-11-22(21)27/h2-5,8-13,17H,6-7,14-16H2,1H3/t17-/m1/s1. The minimum atomic E-state index is -0.653. The summed E-state index contributed by atoms with van der Waals surface area (Å²) < 4.78 is 24.3. The van der Waals surface area contributed by atoms with Gasteiger partial charge >= 0.3 is 5.97 Å². The van der Waals surface area contributed by atoms with Gasteiger partial charge in [-0.3, -0.25) is 14.4 Å². The molecular weight excluding hydrogens is 425 g/mol. The molecule has 0 N–H and O–H groups in total. The van der Waals surface area contributed by atoms with Crippen molar-refractivity contribution in [2.45, 2.75) is 12.8 Å². The molecule has 1 fully saturated rings. The summed E-state index contributed by atoms with van der Waals surface area (Å²) in [6, 6.07) is 16.6. The van der Waals surface area contributed by atoms with Gasteiger partial charge in [0.1, 0.15) is 11.6 Å². The van der Waals surface area contributed by atoms with Crippen LogP contribution in [0.5, 0.6) is 5.75 Å². The van der Waals surface area contributed by atoms with Crippen LogP contribution < -0.4 is 4.74 Å². The van der Waals surface area contributed by atoms with Gasteiger partial charge in [0.25, 0.3) is 5.91 Å². The normalized spacial score (nSPS) is 15.8. The van der Waals surface area contributed by atoms with Gasteiger partial charge in [0.05, 0.1) is 18.6 Å². The van der Waals surface area contributed by atoms with E-state index in [-0.39, 0.29) is 18.0 Å². The SMILES string of the molecule is COc1ccc(C(=O)N2CCC[C@@H](C(=O)OCC(=O)c3ccccc3F)C2)c2ccccc12. The van der Waals surface area contributed by atoms with Gasteiger partial charge in [0, 0.05) is 24.0 Å². The fourth-order valence-electron chi connectivity index (χ4n) is 4.18. The fourth-order valence-corrected chi connectivity index (χ4v) is 4.18. The molecule has 7 heteroatoms. The van der Waals surface area contributed by atoms with Gasteiger partial charge in [-0.15, -0.1) is 0 Å². The number of amides is 1. The number of piperidine rings is 1. The van der Waals surface area contributed by atoms with Crippen LogP contribution in [-0.4, -0.2) is 49.4 Å². The molecule has 1 heterocycles. The molecular formula is C26H24FNO5. The number of carbonyl (C=O) groups is 3. The first-order valence-corrected chi connectivity index (χ1v) is 10.8. The van der Waals surface area contributed by atoms with Crippen molar-refractivity contribution in [3.63, 3.8) is 0 Å². The highest BCUT2D eigenvalue weighted by molar-refractivity contribution is 6.08. The highest BCUT2D eigenvalue weighted by atomic mass is 19.1. The highest BCUT2D eigenvalue weighted by Gasteiger charge is 2.31. The Kier molecular flexibility index (Phi) is 6.68. The van der Waals surface area contributed by atoms with E-state index in [1.54, 1.807) is 30.2 Å². The van der Waals surface area contributed by atoms with Crippen LogP contribution in [0.25, 0.3) is 10.8 Å². The third-order valence-corrected chi connectivity index (χ3v) is 5.90. The van der Waals surface area contributed by atoms with Crippen molar-refractivity contribution in [1.29, 1.82) is 0 Å². The van der Waals surface area contributed by atoms with Crippen LogP contribution in [0.2, 0.25) is 0 Å². The van der Waals surface area contributed by atoms with E-state index in [0.29, 0.717) is 30.7 Å². The number of carbonyl (C=O) groups excluding carboxylic acids is 3. The molecule has 0 saturated carbocycles. The van der Waals surface area contributed by atoms with Crippen molar-refractivity contribution in [2.24, 2.45) is 5.92 Å². The van der Waals surface area contributed by atoms with E-state index in [9.17, 15) is 18.8 Å². The third kappa shape index (κ3) is 4.72. The number of benzene rings is 3. The number of esters is 1. The maximum atomic E-state index is 13.8. The molecule has 0 unspecified atom stereocenters. The summed E-state index contributed by atoms with van der Waals surface area (Å²) in [7, 11) is 1.58. The number of fused-ring (bicyclic) bond motifs is 1. The minimum absolute atomic E-state index is 0.114. The van der Waals surface area contributed by atoms with Gasteiger partial charge in [-0.25, -0.2) is 4.39 Å². The van der Waals surface area contributed by atoms with E-state index < -0.39 is 30.1 Å². The minimum Gasteiger partial charge on any atom is -0.496 e. The summed E-state index contributed by atoms with van der Waals surface area (Å²) >= 11 is 0. The van der Waals surface area contributed by atoms with Gasteiger partial charge < -0.3 is 14.4 Å². The number of ether oxygens (including phenoxy) is 2. The van der Waals surface area contributed by atoms with E-state index >= 15 is 0 Å². The number of likely N-dealkylation sites (tertiary alicyclic amines) is 1. The summed E-state index contributed by atoms with van der Waals surface area (Å²) in [5.74, 6) is -1.84. The Morgan fingerprint density at radius 2 is 1.70 bits per heavy atom. The molecule has 3 aromatic rings. The van der Waals surface area contributed by atoms with Gasteiger partial charge in [0.15, 0.2) is 6.61 Å². The van der Waals surface area contributed by atoms with Crippen LogP contribution in [0.15, 0.2) is 60.7 Å². The Bertz CT molecular complexity index is 1210. The molecule has 0 spiro atoms. The third-order valence-electron chi connectivity index (χ3n) is 5.90. The molecule has 170 valence electrons. The number of halogens is 1. The molecule has 3 aromatic carbocycles. The molecule has 6 nitrogen and oxygen atoms in total.